The molecule has 0 spiro atoms. The van der Waals surface area contributed by atoms with Gasteiger partial charge in [-0.1, -0.05) is 5.16 Å². The first-order valence-electron chi connectivity index (χ1n) is 9.76. The molecule has 150 valence electrons. The van der Waals surface area contributed by atoms with Gasteiger partial charge in [-0.3, -0.25) is 4.79 Å². The van der Waals surface area contributed by atoms with Gasteiger partial charge in [0.1, 0.15) is 18.1 Å². The minimum atomic E-state index is -0.0358. The summed E-state index contributed by atoms with van der Waals surface area (Å²) in [6.07, 6.45) is 4.77. The number of ether oxygens (including phenoxy) is 2. The molecule has 5 rings (SSSR count). The molecule has 0 radical (unpaired) electrons. The smallest absolute Gasteiger partial charge is 0.257 e. The van der Waals surface area contributed by atoms with E-state index in [2.05, 4.69) is 10.1 Å². The molecule has 2 aromatic heterocycles. The van der Waals surface area contributed by atoms with Crippen LogP contribution in [0.15, 0.2) is 51.8 Å². The molecule has 1 aromatic carbocycles. The highest BCUT2D eigenvalue weighted by Crippen LogP contribution is 2.28. The van der Waals surface area contributed by atoms with Gasteiger partial charge < -0.3 is 23.3 Å². The van der Waals surface area contributed by atoms with Crippen LogP contribution in [0.2, 0.25) is 0 Å². The number of benzene rings is 1. The molecular formula is C21H21N3O5. The van der Waals surface area contributed by atoms with Crippen LogP contribution in [0.4, 0.5) is 0 Å². The van der Waals surface area contributed by atoms with Crippen LogP contribution in [-0.4, -0.2) is 53.4 Å². The van der Waals surface area contributed by atoms with Gasteiger partial charge in [-0.25, -0.2) is 0 Å². The second-order valence-corrected chi connectivity index (χ2v) is 7.33. The van der Waals surface area contributed by atoms with E-state index < -0.39 is 0 Å². The lowest BCUT2D eigenvalue weighted by Gasteiger charge is -2.38. The predicted octanol–water partition coefficient (Wildman–Crippen LogP) is 3.13. The SMILES string of the molecule is O=C(c1ccoc1)N1CC(Oc2ccc(-c3noc(C4CCOCC4)n3)cc2)C1. The first-order valence-corrected chi connectivity index (χ1v) is 9.76. The molecule has 2 saturated heterocycles. The molecule has 2 aliphatic heterocycles. The zero-order chi connectivity index (χ0) is 19.6. The van der Waals surface area contributed by atoms with Crippen molar-refractivity contribution in [2.45, 2.75) is 24.9 Å². The number of carbonyl (C=O) groups is 1. The van der Waals surface area contributed by atoms with E-state index in [1.807, 2.05) is 24.3 Å². The second kappa shape index (κ2) is 7.71. The molecule has 2 fully saturated rings. The molecule has 8 nitrogen and oxygen atoms in total. The summed E-state index contributed by atoms with van der Waals surface area (Å²) in [5, 5.41) is 4.11. The predicted molar refractivity (Wildman–Crippen MR) is 102 cm³/mol. The van der Waals surface area contributed by atoms with E-state index in [9.17, 15) is 4.79 Å². The zero-order valence-corrected chi connectivity index (χ0v) is 15.8. The number of nitrogens with zero attached hydrogens (tertiary/aromatic N) is 3. The van der Waals surface area contributed by atoms with Crippen LogP contribution in [0.25, 0.3) is 11.4 Å². The summed E-state index contributed by atoms with van der Waals surface area (Å²) in [6, 6.07) is 9.28. The van der Waals surface area contributed by atoms with Crippen LogP contribution >= 0.6 is 0 Å². The summed E-state index contributed by atoms with van der Waals surface area (Å²) in [5.74, 6) is 2.26. The summed E-state index contributed by atoms with van der Waals surface area (Å²) in [5.41, 5.74) is 1.44. The molecule has 2 aliphatic rings. The Morgan fingerprint density at radius 2 is 1.90 bits per heavy atom. The standard InChI is InChI=1S/C21H21N3O5/c25-21(16-7-10-27-13-16)24-11-18(12-24)28-17-3-1-14(2-4-17)19-22-20(29-23-19)15-5-8-26-9-6-15/h1-4,7,10,13,15,18H,5-6,8-9,11-12H2. The molecule has 3 aromatic rings. The highest BCUT2D eigenvalue weighted by Gasteiger charge is 2.33. The van der Waals surface area contributed by atoms with Crippen molar-refractivity contribution in [1.82, 2.24) is 15.0 Å². The van der Waals surface area contributed by atoms with Gasteiger partial charge in [-0.2, -0.15) is 4.98 Å². The van der Waals surface area contributed by atoms with Crippen molar-refractivity contribution in [3.63, 3.8) is 0 Å². The number of amides is 1. The fraction of sp³-hybridized carbons (Fsp3) is 0.381. The minimum Gasteiger partial charge on any atom is -0.487 e. The lowest BCUT2D eigenvalue weighted by Crippen LogP contribution is -2.56. The van der Waals surface area contributed by atoms with Gasteiger partial charge in [-0.15, -0.1) is 0 Å². The molecule has 0 saturated carbocycles. The van der Waals surface area contributed by atoms with Crippen LogP contribution in [0.3, 0.4) is 0 Å². The molecule has 4 heterocycles. The number of carbonyl (C=O) groups excluding carboxylic acids is 1. The summed E-state index contributed by atoms with van der Waals surface area (Å²) >= 11 is 0. The fourth-order valence-corrected chi connectivity index (χ4v) is 3.59. The average molecular weight is 395 g/mol. The first-order chi connectivity index (χ1) is 14.3. The Kier molecular flexibility index (Phi) is 4.77. The number of hydrogen-bond donors (Lipinski definition) is 0. The highest BCUT2D eigenvalue weighted by molar-refractivity contribution is 5.94. The Balaban J connectivity index is 1.16. The third-order valence-corrected chi connectivity index (χ3v) is 5.33. The van der Waals surface area contributed by atoms with Crippen LogP contribution < -0.4 is 4.74 Å². The molecule has 8 heteroatoms. The summed E-state index contributed by atoms with van der Waals surface area (Å²) in [4.78, 5) is 18.5. The van der Waals surface area contributed by atoms with Crippen LogP contribution in [-0.2, 0) is 4.74 Å². The van der Waals surface area contributed by atoms with Gasteiger partial charge in [0.05, 0.1) is 24.9 Å². The molecule has 29 heavy (non-hydrogen) atoms. The highest BCUT2D eigenvalue weighted by atomic mass is 16.5. The van der Waals surface area contributed by atoms with E-state index in [1.54, 1.807) is 11.0 Å². The zero-order valence-electron chi connectivity index (χ0n) is 15.8. The Morgan fingerprint density at radius 3 is 2.62 bits per heavy atom. The number of likely N-dealkylation sites (tertiary alicyclic amines) is 1. The second-order valence-electron chi connectivity index (χ2n) is 7.33. The van der Waals surface area contributed by atoms with E-state index in [0.29, 0.717) is 30.4 Å². The van der Waals surface area contributed by atoms with E-state index in [4.69, 9.17) is 18.4 Å². The Bertz CT molecular complexity index is 955. The van der Waals surface area contributed by atoms with Gasteiger partial charge >= 0.3 is 0 Å². The monoisotopic (exact) mass is 395 g/mol. The van der Waals surface area contributed by atoms with Crippen molar-refractivity contribution in [2.24, 2.45) is 0 Å². The van der Waals surface area contributed by atoms with Crippen LogP contribution in [0, 0.1) is 0 Å². The van der Waals surface area contributed by atoms with Crippen molar-refractivity contribution >= 4 is 5.91 Å². The summed E-state index contributed by atoms with van der Waals surface area (Å²) < 4.78 is 21.7. The Morgan fingerprint density at radius 1 is 1.10 bits per heavy atom. The molecule has 0 bridgehead atoms. The topological polar surface area (TPSA) is 90.8 Å². The largest absolute Gasteiger partial charge is 0.487 e. The quantitative estimate of drug-likeness (QED) is 0.655. The van der Waals surface area contributed by atoms with Crippen molar-refractivity contribution in [1.29, 1.82) is 0 Å². The van der Waals surface area contributed by atoms with Crippen LogP contribution in [0.1, 0.15) is 35.0 Å². The number of aromatic nitrogens is 2. The minimum absolute atomic E-state index is 0.0120. The van der Waals surface area contributed by atoms with Crippen molar-refractivity contribution < 1.29 is 23.2 Å². The molecule has 0 unspecified atom stereocenters. The van der Waals surface area contributed by atoms with Crippen molar-refractivity contribution in [3.05, 3.63) is 54.3 Å². The van der Waals surface area contributed by atoms with Gasteiger partial charge in [0.25, 0.3) is 5.91 Å². The molecule has 0 aliphatic carbocycles. The summed E-state index contributed by atoms with van der Waals surface area (Å²) in [7, 11) is 0. The van der Waals surface area contributed by atoms with E-state index >= 15 is 0 Å². The lowest BCUT2D eigenvalue weighted by molar-refractivity contribution is 0.0177. The van der Waals surface area contributed by atoms with E-state index in [-0.39, 0.29) is 17.9 Å². The third kappa shape index (κ3) is 3.75. The molecule has 0 atom stereocenters. The van der Waals surface area contributed by atoms with E-state index in [1.165, 1.54) is 12.5 Å². The van der Waals surface area contributed by atoms with Gasteiger partial charge in [0.15, 0.2) is 0 Å². The van der Waals surface area contributed by atoms with Gasteiger partial charge in [0, 0.05) is 24.7 Å². The van der Waals surface area contributed by atoms with Crippen molar-refractivity contribution in [2.75, 3.05) is 26.3 Å². The number of furan rings is 1. The number of rotatable bonds is 5. The Labute approximate surface area is 167 Å². The maximum atomic E-state index is 12.2. The third-order valence-electron chi connectivity index (χ3n) is 5.33. The summed E-state index contributed by atoms with van der Waals surface area (Å²) in [6.45, 7) is 2.59. The molecular weight excluding hydrogens is 374 g/mol. The maximum absolute atomic E-state index is 12.2. The lowest BCUT2D eigenvalue weighted by atomic mass is 10.0. The normalized spacial score (nSPS) is 17.9. The van der Waals surface area contributed by atoms with E-state index in [0.717, 1.165) is 37.4 Å². The maximum Gasteiger partial charge on any atom is 0.257 e. The number of hydrogen-bond acceptors (Lipinski definition) is 7. The average Bonchev–Trinajstić information content (AvgIpc) is 3.43. The molecule has 0 N–H and O–H groups in total. The fourth-order valence-electron chi connectivity index (χ4n) is 3.59. The Hall–Kier alpha value is -3.13. The molecule has 1 amide bonds. The van der Waals surface area contributed by atoms with Gasteiger partial charge in [-0.05, 0) is 43.2 Å². The van der Waals surface area contributed by atoms with Crippen LogP contribution in [0.5, 0.6) is 5.75 Å². The first kappa shape index (κ1) is 17.9. The van der Waals surface area contributed by atoms with Crippen molar-refractivity contribution in [3.8, 4) is 17.1 Å². The van der Waals surface area contributed by atoms with Gasteiger partial charge in [0.2, 0.25) is 11.7 Å².